The molecule has 0 heterocycles. The molecule has 0 unspecified atom stereocenters. The maximum Gasteiger partial charge on any atom is 0.203 e. The monoisotopic (exact) mass is 263 g/mol. The van der Waals surface area contributed by atoms with E-state index in [0.29, 0.717) is 30.1 Å². The molecule has 0 aliphatic heterocycles. The van der Waals surface area contributed by atoms with Crippen molar-refractivity contribution in [1.29, 1.82) is 5.26 Å². The van der Waals surface area contributed by atoms with E-state index in [4.69, 9.17) is 19.5 Å². The normalized spacial score (nSPS) is 9.58. The van der Waals surface area contributed by atoms with Gasteiger partial charge in [0.05, 0.1) is 33.8 Å². The smallest absolute Gasteiger partial charge is 0.203 e. The van der Waals surface area contributed by atoms with Crippen molar-refractivity contribution in [3.8, 4) is 23.3 Å². The zero-order chi connectivity index (χ0) is 14.3. The van der Waals surface area contributed by atoms with Crippen molar-refractivity contribution in [1.82, 2.24) is 0 Å². The van der Waals surface area contributed by atoms with Crippen molar-refractivity contribution >= 4 is 5.78 Å². The van der Waals surface area contributed by atoms with Gasteiger partial charge in [-0.3, -0.25) is 4.79 Å². The Morgan fingerprint density at radius 3 is 2.16 bits per heavy atom. The van der Waals surface area contributed by atoms with Gasteiger partial charge in [-0.1, -0.05) is 0 Å². The lowest BCUT2D eigenvalue weighted by atomic mass is 10.1. The number of nitriles is 1. The van der Waals surface area contributed by atoms with Gasteiger partial charge < -0.3 is 14.2 Å². The van der Waals surface area contributed by atoms with Crippen LogP contribution in [0.1, 0.15) is 18.4 Å². The largest absolute Gasteiger partial charge is 0.493 e. The molecular weight excluding hydrogens is 246 g/mol. The summed E-state index contributed by atoms with van der Waals surface area (Å²) in [7, 11) is 4.63. The van der Waals surface area contributed by atoms with E-state index in [1.807, 2.05) is 6.07 Å². The van der Waals surface area contributed by atoms with Crippen molar-refractivity contribution < 1.29 is 19.0 Å². The molecule has 0 saturated heterocycles. The SMILES string of the molecule is COc1cc(CCC(=O)CC#N)cc(OC)c1OC. The molecule has 5 nitrogen and oxygen atoms in total. The highest BCUT2D eigenvalue weighted by molar-refractivity contribution is 5.80. The molecular formula is C14H17NO4. The number of hydrogen-bond acceptors (Lipinski definition) is 5. The Balaban J connectivity index is 2.91. The number of aryl methyl sites for hydroxylation is 1. The van der Waals surface area contributed by atoms with Crippen LogP contribution in [0.2, 0.25) is 0 Å². The third-order valence-corrected chi connectivity index (χ3v) is 2.69. The lowest BCUT2D eigenvalue weighted by Crippen LogP contribution is -2.01. The first-order valence-corrected chi connectivity index (χ1v) is 5.83. The number of rotatable bonds is 7. The van der Waals surface area contributed by atoms with Gasteiger partial charge >= 0.3 is 0 Å². The maximum absolute atomic E-state index is 11.3. The molecule has 0 bridgehead atoms. The highest BCUT2D eigenvalue weighted by atomic mass is 16.5. The Hall–Kier alpha value is -2.22. The molecule has 1 aromatic carbocycles. The van der Waals surface area contributed by atoms with Crippen molar-refractivity contribution in [2.75, 3.05) is 21.3 Å². The second kappa shape index (κ2) is 7.27. The summed E-state index contributed by atoms with van der Waals surface area (Å²) in [5.41, 5.74) is 0.904. The minimum absolute atomic E-state index is 0.0512. The molecule has 102 valence electrons. The lowest BCUT2D eigenvalue weighted by Gasteiger charge is -2.13. The summed E-state index contributed by atoms with van der Waals surface area (Å²) >= 11 is 0. The molecule has 19 heavy (non-hydrogen) atoms. The fourth-order valence-corrected chi connectivity index (χ4v) is 1.74. The van der Waals surface area contributed by atoms with Gasteiger partial charge in [0.25, 0.3) is 0 Å². The topological polar surface area (TPSA) is 68.6 Å². The van der Waals surface area contributed by atoms with Gasteiger partial charge in [-0.15, -0.1) is 0 Å². The van der Waals surface area contributed by atoms with E-state index in [9.17, 15) is 4.79 Å². The first-order chi connectivity index (χ1) is 9.15. The molecule has 5 heteroatoms. The van der Waals surface area contributed by atoms with Crippen molar-refractivity contribution in [2.24, 2.45) is 0 Å². The van der Waals surface area contributed by atoms with Crippen LogP contribution in [0.4, 0.5) is 0 Å². The Bertz CT molecular complexity index is 466. The molecule has 1 aromatic rings. The van der Waals surface area contributed by atoms with E-state index in [1.165, 1.54) is 7.11 Å². The van der Waals surface area contributed by atoms with Crippen LogP contribution in [-0.4, -0.2) is 27.1 Å². The molecule has 0 saturated carbocycles. The Morgan fingerprint density at radius 2 is 1.74 bits per heavy atom. The highest BCUT2D eigenvalue weighted by Crippen LogP contribution is 2.38. The van der Waals surface area contributed by atoms with Crippen molar-refractivity contribution in [3.05, 3.63) is 17.7 Å². The fourth-order valence-electron chi connectivity index (χ4n) is 1.74. The molecule has 0 fully saturated rings. The van der Waals surface area contributed by atoms with E-state index in [0.717, 1.165) is 5.56 Å². The van der Waals surface area contributed by atoms with Gasteiger partial charge in [-0.05, 0) is 24.1 Å². The van der Waals surface area contributed by atoms with Crippen LogP contribution < -0.4 is 14.2 Å². The first-order valence-electron chi connectivity index (χ1n) is 5.83. The lowest BCUT2D eigenvalue weighted by molar-refractivity contribution is -0.118. The summed E-state index contributed by atoms with van der Waals surface area (Å²) in [6.45, 7) is 0. The average Bonchev–Trinajstić information content (AvgIpc) is 2.44. The maximum atomic E-state index is 11.3. The molecule has 0 N–H and O–H groups in total. The number of methoxy groups -OCH3 is 3. The molecule has 0 spiro atoms. The van der Waals surface area contributed by atoms with Gasteiger partial charge in [-0.25, -0.2) is 0 Å². The van der Waals surface area contributed by atoms with Gasteiger partial charge in [-0.2, -0.15) is 5.26 Å². The molecule has 0 atom stereocenters. The number of carbonyl (C=O) groups excluding carboxylic acids is 1. The number of ketones is 1. The van der Waals surface area contributed by atoms with Crippen LogP contribution in [0.5, 0.6) is 17.2 Å². The second-order valence-electron chi connectivity index (χ2n) is 3.91. The zero-order valence-electron chi connectivity index (χ0n) is 11.4. The Morgan fingerprint density at radius 1 is 1.16 bits per heavy atom. The van der Waals surface area contributed by atoms with Gasteiger partial charge in [0.1, 0.15) is 5.78 Å². The van der Waals surface area contributed by atoms with Crippen molar-refractivity contribution in [3.63, 3.8) is 0 Å². The third kappa shape index (κ3) is 3.88. The summed E-state index contributed by atoms with van der Waals surface area (Å²) in [4.78, 5) is 11.3. The van der Waals surface area contributed by atoms with Crippen LogP contribution in [0.3, 0.4) is 0 Å². The minimum atomic E-state index is -0.0729. The van der Waals surface area contributed by atoms with Crippen LogP contribution in [0.25, 0.3) is 0 Å². The number of benzene rings is 1. The second-order valence-corrected chi connectivity index (χ2v) is 3.91. The van der Waals surface area contributed by atoms with Crippen LogP contribution in [-0.2, 0) is 11.2 Å². The number of ether oxygens (including phenoxy) is 3. The van der Waals surface area contributed by atoms with E-state index in [1.54, 1.807) is 26.4 Å². The number of nitrogens with zero attached hydrogens (tertiary/aromatic N) is 1. The third-order valence-electron chi connectivity index (χ3n) is 2.69. The average molecular weight is 263 g/mol. The van der Waals surface area contributed by atoms with Crippen LogP contribution >= 0.6 is 0 Å². The molecule has 0 aliphatic rings. The molecule has 0 aliphatic carbocycles. The predicted molar refractivity (Wildman–Crippen MR) is 69.7 cm³/mol. The summed E-state index contributed by atoms with van der Waals surface area (Å²) in [6, 6.07) is 5.46. The Kier molecular flexibility index (Phi) is 5.68. The number of Topliss-reactive ketones (excluding diaryl/α,β-unsaturated/α-hetero) is 1. The summed E-state index contributed by atoms with van der Waals surface area (Å²) in [5.74, 6) is 1.57. The van der Waals surface area contributed by atoms with E-state index < -0.39 is 0 Å². The standard InChI is InChI=1S/C14H17NO4/c1-17-12-8-10(4-5-11(16)6-7-15)9-13(18-2)14(12)19-3/h8-9H,4-6H2,1-3H3. The van der Waals surface area contributed by atoms with E-state index in [-0.39, 0.29) is 12.2 Å². The first kappa shape index (κ1) is 14.8. The van der Waals surface area contributed by atoms with Gasteiger partial charge in [0.2, 0.25) is 5.75 Å². The summed E-state index contributed by atoms with van der Waals surface area (Å²) in [6.07, 6.45) is 0.813. The molecule has 1 rings (SSSR count). The molecule has 0 aromatic heterocycles. The summed E-state index contributed by atoms with van der Waals surface area (Å²) in [5, 5.41) is 8.44. The Labute approximate surface area is 112 Å². The molecule has 0 radical (unpaired) electrons. The van der Waals surface area contributed by atoms with Crippen LogP contribution in [0, 0.1) is 11.3 Å². The minimum Gasteiger partial charge on any atom is -0.493 e. The molecule has 0 amide bonds. The van der Waals surface area contributed by atoms with Gasteiger partial charge in [0, 0.05) is 6.42 Å². The van der Waals surface area contributed by atoms with Crippen LogP contribution in [0.15, 0.2) is 12.1 Å². The van der Waals surface area contributed by atoms with Gasteiger partial charge in [0.15, 0.2) is 11.5 Å². The summed E-state index contributed by atoms with van der Waals surface area (Å²) < 4.78 is 15.7. The van der Waals surface area contributed by atoms with E-state index >= 15 is 0 Å². The quantitative estimate of drug-likeness (QED) is 0.753. The predicted octanol–water partition coefficient (Wildman–Crippen LogP) is 2.13. The van der Waals surface area contributed by atoms with Crippen molar-refractivity contribution in [2.45, 2.75) is 19.3 Å². The zero-order valence-corrected chi connectivity index (χ0v) is 11.4. The fraction of sp³-hybridized carbons (Fsp3) is 0.429. The highest BCUT2D eigenvalue weighted by Gasteiger charge is 2.13. The number of hydrogen-bond donors (Lipinski definition) is 0. The van der Waals surface area contributed by atoms with E-state index in [2.05, 4.69) is 0 Å². The number of carbonyl (C=O) groups is 1.